The highest BCUT2D eigenvalue weighted by molar-refractivity contribution is 5.77. The van der Waals surface area contributed by atoms with E-state index < -0.39 is 0 Å². The van der Waals surface area contributed by atoms with Crippen molar-refractivity contribution in [1.29, 1.82) is 0 Å². The molecule has 0 amide bonds. The Balaban J connectivity index is 1.45. The van der Waals surface area contributed by atoms with E-state index in [0.717, 1.165) is 24.4 Å². The number of rotatable bonds is 4. The Hall–Kier alpha value is -2.84. The van der Waals surface area contributed by atoms with Crippen LogP contribution in [0.2, 0.25) is 0 Å². The van der Waals surface area contributed by atoms with E-state index in [4.69, 9.17) is 4.42 Å². The van der Waals surface area contributed by atoms with Crippen LogP contribution in [0.15, 0.2) is 106 Å². The third-order valence-electron chi connectivity index (χ3n) is 7.36. The first-order chi connectivity index (χ1) is 15.5. The minimum atomic E-state index is 0.263. The van der Waals surface area contributed by atoms with Crippen LogP contribution in [0.5, 0.6) is 0 Å². The predicted molar refractivity (Wildman–Crippen MR) is 135 cm³/mol. The highest BCUT2D eigenvalue weighted by Crippen LogP contribution is 2.38. The van der Waals surface area contributed by atoms with E-state index in [2.05, 4.69) is 105 Å². The molecule has 1 aromatic heterocycles. The maximum Gasteiger partial charge on any atom is 0.134 e. The molecule has 1 aliphatic heterocycles. The van der Waals surface area contributed by atoms with Gasteiger partial charge in [-0.25, -0.2) is 0 Å². The molecule has 5 rings (SSSR count). The lowest BCUT2D eigenvalue weighted by Crippen LogP contribution is -2.51. The van der Waals surface area contributed by atoms with Crippen LogP contribution in [0.25, 0.3) is 11.0 Å². The van der Waals surface area contributed by atoms with Crippen molar-refractivity contribution in [3.05, 3.63) is 107 Å². The molecule has 2 aliphatic carbocycles. The maximum absolute atomic E-state index is 6.19. The molecule has 3 unspecified atom stereocenters. The average molecular weight is 424 g/mol. The lowest BCUT2D eigenvalue weighted by Gasteiger charge is -2.45. The van der Waals surface area contributed by atoms with Crippen molar-refractivity contribution in [3.63, 3.8) is 0 Å². The largest absolute Gasteiger partial charge is 0.461 e. The van der Waals surface area contributed by atoms with Gasteiger partial charge in [-0.3, -0.25) is 4.90 Å². The molecule has 0 N–H and O–H groups in total. The quantitative estimate of drug-likeness (QED) is 0.511. The second kappa shape index (κ2) is 8.60. The van der Waals surface area contributed by atoms with Gasteiger partial charge in [0.05, 0.1) is 6.04 Å². The number of furan rings is 1. The Morgan fingerprint density at radius 3 is 2.56 bits per heavy atom. The second-order valence-electron chi connectivity index (χ2n) is 9.69. The van der Waals surface area contributed by atoms with Crippen LogP contribution >= 0.6 is 0 Å². The summed E-state index contributed by atoms with van der Waals surface area (Å²) < 4.78 is 6.19. The molecule has 1 saturated heterocycles. The Bertz CT molecular complexity index is 1160. The van der Waals surface area contributed by atoms with Crippen LogP contribution in [0.1, 0.15) is 39.4 Å². The molecule has 0 radical (unpaired) electrons. The molecule has 2 heteroatoms. The van der Waals surface area contributed by atoms with E-state index in [1.165, 1.54) is 27.7 Å². The van der Waals surface area contributed by atoms with E-state index in [1.54, 1.807) is 0 Å². The Morgan fingerprint density at radius 2 is 1.75 bits per heavy atom. The molecular weight excluding hydrogens is 390 g/mol. The molecule has 2 heterocycles. The fourth-order valence-electron chi connectivity index (χ4n) is 4.94. The normalized spacial score (nSPS) is 25.4. The third kappa shape index (κ3) is 4.00. The minimum Gasteiger partial charge on any atom is -0.461 e. The summed E-state index contributed by atoms with van der Waals surface area (Å²) in [5, 5.41) is 1.20. The fraction of sp³-hybridized carbons (Fsp3) is 0.333. The molecule has 1 fully saturated rings. The zero-order chi connectivity index (χ0) is 22.2. The van der Waals surface area contributed by atoms with E-state index in [1.807, 2.05) is 6.07 Å². The van der Waals surface area contributed by atoms with Crippen LogP contribution in [-0.2, 0) is 0 Å². The van der Waals surface area contributed by atoms with Crippen LogP contribution in [-0.4, -0.2) is 24.0 Å². The minimum absolute atomic E-state index is 0.263. The summed E-state index contributed by atoms with van der Waals surface area (Å²) in [5.41, 5.74) is 6.60. The van der Waals surface area contributed by atoms with Crippen LogP contribution in [0, 0.1) is 11.8 Å². The number of nitrogens with zero attached hydrogens (tertiary/aromatic N) is 1. The Kier molecular flexibility index (Phi) is 5.65. The van der Waals surface area contributed by atoms with E-state index in [-0.39, 0.29) is 6.04 Å². The molecular formula is C30H33NO. The van der Waals surface area contributed by atoms with Gasteiger partial charge in [0.25, 0.3) is 0 Å². The second-order valence-corrected chi connectivity index (χ2v) is 9.69. The van der Waals surface area contributed by atoms with Crippen molar-refractivity contribution in [3.8, 4) is 0 Å². The number of hydrogen-bond acceptors (Lipinski definition) is 2. The number of allylic oxidation sites excluding steroid dienone is 8. The summed E-state index contributed by atoms with van der Waals surface area (Å²) in [6.07, 6.45) is 18.5. The number of fused-ring (bicyclic) bond motifs is 1. The van der Waals surface area contributed by atoms with Crippen molar-refractivity contribution in [1.82, 2.24) is 4.90 Å². The Morgan fingerprint density at radius 1 is 0.938 bits per heavy atom. The lowest BCUT2D eigenvalue weighted by molar-refractivity contribution is 0.116. The van der Waals surface area contributed by atoms with Gasteiger partial charge in [-0.1, -0.05) is 91.8 Å². The molecule has 164 valence electrons. The van der Waals surface area contributed by atoms with Crippen molar-refractivity contribution in [2.45, 2.75) is 39.7 Å². The first kappa shape index (κ1) is 21.0. The van der Waals surface area contributed by atoms with Gasteiger partial charge in [-0.2, -0.15) is 0 Å². The molecule has 0 spiro atoms. The molecule has 3 atom stereocenters. The number of hydrogen-bond donors (Lipinski definition) is 0. The fourth-order valence-corrected chi connectivity index (χ4v) is 4.94. The number of para-hydroxylation sites is 1. The zero-order valence-corrected chi connectivity index (χ0v) is 19.6. The van der Waals surface area contributed by atoms with E-state index in [9.17, 15) is 0 Å². The smallest absolute Gasteiger partial charge is 0.134 e. The van der Waals surface area contributed by atoms with Gasteiger partial charge >= 0.3 is 0 Å². The van der Waals surface area contributed by atoms with E-state index >= 15 is 0 Å². The van der Waals surface area contributed by atoms with Gasteiger partial charge in [0, 0.05) is 24.4 Å². The van der Waals surface area contributed by atoms with Gasteiger partial charge in [-0.15, -0.1) is 0 Å². The van der Waals surface area contributed by atoms with Crippen LogP contribution < -0.4 is 0 Å². The molecule has 0 bridgehead atoms. The summed E-state index contributed by atoms with van der Waals surface area (Å²) in [5.74, 6) is 2.49. The third-order valence-corrected chi connectivity index (χ3v) is 7.36. The van der Waals surface area contributed by atoms with Gasteiger partial charge in [0.15, 0.2) is 0 Å². The molecule has 0 saturated carbocycles. The summed E-state index contributed by atoms with van der Waals surface area (Å²) in [4.78, 5) is 2.61. The average Bonchev–Trinajstić information content (AvgIpc) is 3.00. The van der Waals surface area contributed by atoms with Gasteiger partial charge < -0.3 is 4.42 Å². The highest BCUT2D eigenvalue weighted by atomic mass is 16.3. The molecule has 2 aromatic rings. The maximum atomic E-state index is 6.19. The van der Waals surface area contributed by atoms with Gasteiger partial charge in [0.1, 0.15) is 11.3 Å². The standard InChI is InChI=1S/C30H33NO/c1-20-9-7-12-25(15-22(20)3)30(26-13-8-10-21(2)23(4)16-26)31-18-27(19-31)29-17-24-11-5-6-14-28(24)32-29/h5-17,20,23,27,30H,18-19H2,1-4H3. The summed E-state index contributed by atoms with van der Waals surface area (Å²) in [6.45, 7) is 11.1. The van der Waals surface area contributed by atoms with Crippen LogP contribution in [0.4, 0.5) is 0 Å². The zero-order valence-electron chi connectivity index (χ0n) is 19.6. The van der Waals surface area contributed by atoms with E-state index in [0.29, 0.717) is 17.8 Å². The van der Waals surface area contributed by atoms with Crippen molar-refractivity contribution < 1.29 is 4.42 Å². The summed E-state index contributed by atoms with van der Waals surface area (Å²) in [7, 11) is 0. The summed E-state index contributed by atoms with van der Waals surface area (Å²) >= 11 is 0. The number of likely N-dealkylation sites (tertiary alicyclic amines) is 1. The highest BCUT2D eigenvalue weighted by Gasteiger charge is 2.37. The first-order valence-corrected chi connectivity index (χ1v) is 11.9. The van der Waals surface area contributed by atoms with Gasteiger partial charge in [-0.05, 0) is 49.0 Å². The first-order valence-electron chi connectivity index (χ1n) is 11.9. The van der Waals surface area contributed by atoms with Crippen LogP contribution in [0.3, 0.4) is 0 Å². The molecule has 1 aromatic carbocycles. The monoisotopic (exact) mass is 423 g/mol. The van der Waals surface area contributed by atoms with Crippen molar-refractivity contribution in [2.75, 3.05) is 13.1 Å². The van der Waals surface area contributed by atoms with Crippen molar-refractivity contribution >= 4 is 11.0 Å². The van der Waals surface area contributed by atoms with Gasteiger partial charge in [0.2, 0.25) is 0 Å². The lowest BCUT2D eigenvalue weighted by atomic mass is 9.86. The summed E-state index contributed by atoms with van der Waals surface area (Å²) in [6, 6.07) is 10.8. The predicted octanol–water partition coefficient (Wildman–Crippen LogP) is 7.36. The molecule has 3 aliphatic rings. The Labute approximate surface area is 192 Å². The van der Waals surface area contributed by atoms with Crippen molar-refractivity contribution in [2.24, 2.45) is 11.8 Å². The molecule has 32 heavy (non-hydrogen) atoms. The SMILES string of the molecule is CC1=CC=CC(C(C2=CC=CC(C)C(C)=C2)N2CC(c3cc4ccccc4o3)C2)=CC1C. The topological polar surface area (TPSA) is 16.4 Å². The molecule has 2 nitrogen and oxygen atoms in total. The number of benzene rings is 1.